The van der Waals surface area contributed by atoms with E-state index in [1.165, 1.54) is 14.2 Å². The first kappa shape index (κ1) is 24.2. The Balaban J connectivity index is 1.89. The summed E-state index contributed by atoms with van der Waals surface area (Å²) in [6.07, 6.45) is 0.791. The lowest BCUT2D eigenvalue weighted by atomic mass is 9.84. The number of methoxy groups -OCH3 is 2. The highest BCUT2D eigenvalue weighted by Crippen LogP contribution is 2.40. The summed E-state index contributed by atoms with van der Waals surface area (Å²) in [5, 5.41) is 8.51. The number of aryl methyl sites for hydroxylation is 1. The van der Waals surface area contributed by atoms with Crippen LogP contribution in [0.1, 0.15) is 60.6 Å². The van der Waals surface area contributed by atoms with Crippen molar-refractivity contribution in [1.82, 2.24) is 9.88 Å². The smallest absolute Gasteiger partial charge is 0.343 e. The van der Waals surface area contributed by atoms with Gasteiger partial charge in [0.2, 0.25) is 0 Å². The quantitative estimate of drug-likeness (QED) is 0.482. The summed E-state index contributed by atoms with van der Waals surface area (Å²) in [7, 11) is 2.78. The van der Waals surface area contributed by atoms with E-state index in [0.29, 0.717) is 29.3 Å². The van der Waals surface area contributed by atoms with Crippen molar-refractivity contribution in [3.63, 3.8) is 0 Å². The molecule has 0 bridgehead atoms. The minimum Gasteiger partial charge on any atom is -0.493 e. The molecule has 2 heterocycles. The topological polar surface area (TPSA) is 102 Å². The van der Waals surface area contributed by atoms with Crippen LogP contribution in [0.5, 0.6) is 11.5 Å². The summed E-state index contributed by atoms with van der Waals surface area (Å²) < 4.78 is 15.9. The number of ketones is 1. The van der Waals surface area contributed by atoms with Gasteiger partial charge >= 0.3 is 5.97 Å². The Morgan fingerprint density at radius 3 is 2.52 bits per heavy atom. The number of aromatic nitrogens is 1. The molecule has 0 saturated heterocycles. The van der Waals surface area contributed by atoms with Crippen molar-refractivity contribution in [3.05, 3.63) is 52.3 Å². The minimum absolute atomic E-state index is 0.0474. The van der Waals surface area contributed by atoms with Gasteiger partial charge in [0, 0.05) is 28.9 Å². The van der Waals surface area contributed by atoms with Gasteiger partial charge in [-0.1, -0.05) is 33.8 Å². The van der Waals surface area contributed by atoms with E-state index < -0.39 is 5.97 Å². The van der Waals surface area contributed by atoms with Crippen LogP contribution in [0, 0.1) is 5.41 Å². The summed E-state index contributed by atoms with van der Waals surface area (Å²) in [6, 6.07) is 7.33. The molecule has 8 nitrogen and oxygen atoms in total. The van der Waals surface area contributed by atoms with E-state index in [4.69, 9.17) is 14.9 Å². The Morgan fingerprint density at radius 2 is 1.91 bits per heavy atom. The average Bonchev–Trinajstić information content (AvgIpc) is 3.10. The van der Waals surface area contributed by atoms with Crippen molar-refractivity contribution >= 4 is 17.6 Å². The second kappa shape index (κ2) is 9.60. The zero-order valence-corrected chi connectivity index (χ0v) is 20.1. The van der Waals surface area contributed by atoms with E-state index in [2.05, 4.69) is 9.72 Å². The van der Waals surface area contributed by atoms with Crippen LogP contribution >= 0.6 is 0 Å². The molecule has 2 aromatic rings. The monoisotopic (exact) mass is 453 g/mol. The molecular weight excluding hydrogens is 422 g/mol. The second-order valence-corrected chi connectivity index (χ2v) is 8.96. The SMILES string of the molecule is CCc1ccc2c(n1)C(=N)N(CC(=O)c1cc(OC)c(OCC(=O)OC)c(C(C)(C)C)c1)C2. The fourth-order valence-electron chi connectivity index (χ4n) is 3.70. The van der Waals surface area contributed by atoms with Crippen LogP contribution in [-0.4, -0.2) is 54.8 Å². The van der Waals surface area contributed by atoms with E-state index in [-0.39, 0.29) is 30.2 Å². The highest BCUT2D eigenvalue weighted by atomic mass is 16.6. The molecule has 33 heavy (non-hydrogen) atoms. The number of ether oxygens (including phenoxy) is 3. The number of rotatable bonds is 8. The van der Waals surface area contributed by atoms with Gasteiger partial charge in [-0.25, -0.2) is 9.78 Å². The van der Waals surface area contributed by atoms with Crippen molar-refractivity contribution in [1.29, 1.82) is 5.41 Å². The highest BCUT2D eigenvalue weighted by Gasteiger charge is 2.30. The minimum atomic E-state index is -0.510. The Labute approximate surface area is 194 Å². The maximum absolute atomic E-state index is 13.3. The average molecular weight is 454 g/mol. The van der Waals surface area contributed by atoms with Gasteiger partial charge in [-0.3, -0.25) is 10.2 Å². The van der Waals surface area contributed by atoms with Gasteiger partial charge in [-0.15, -0.1) is 0 Å². The predicted molar refractivity (Wildman–Crippen MR) is 124 cm³/mol. The van der Waals surface area contributed by atoms with Gasteiger partial charge in [-0.05, 0) is 30.0 Å². The Morgan fingerprint density at radius 1 is 1.18 bits per heavy atom. The number of nitrogens with one attached hydrogen (secondary N) is 1. The molecule has 0 spiro atoms. The fourth-order valence-corrected chi connectivity index (χ4v) is 3.70. The fraction of sp³-hybridized carbons (Fsp3) is 0.440. The summed E-state index contributed by atoms with van der Waals surface area (Å²) in [6.45, 7) is 8.25. The lowest BCUT2D eigenvalue weighted by molar-refractivity contribution is -0.142. The van der Waals surface area contributed by atoms with Gasteiger partial charge < -0.3 is 19.1 Å². The number of nitrogens with zero attached hydrogens (tertiary/aromatic N) is 2. The van der Waals surface area contributed by atoms with Crippen LogP contribution in [0.2, 0.25) is 0 Å². The van der Waals surface area contributed by atoms with Crippen molar-refractivity contribution in [3.8, 4) is 11.5 Å². The van der Waals surface area contributed by atoms with Crippen LogP contribution in [-0.2, 0) is 27.9 Å². The molecule has 8 heteroatoms. The van der Waals surface area contributed by atoms with E-state index in [0.717, 1.165) is 23.2 Å². The molecule has 1 aromatic heterocycles. The van der Waals surface area contributed by atoms with E-state index in [1.54, 1.807) is 17.0 Å². The van der Waals surface area contributed by atoms with Crippen LogP contribution in [0.25, 0.3) is 0 Å². The number of carbonyl (C=O) groups excluding carboxylic acids is 2. The summed E-state index contributed by atoms with van der Waals surface area (Å²) in [5.74, 6) is 0.374. The number of carbonyl (C=O) groups is 2. The predicted octanol–water partition coefficient (Wildman–Crippen LogP) is 3.53. The van der Waals surface area contributed by atoms with E-state index >= 15 is 0 Å². The third-order valence-corrected chi connectivity index (χ3v) is 5.60. The Bertz CT molecular complexity index is 1090. The molecule has 0 fully saturated rings. The van der Waals surface area contributed by atoms with Gasteiger partial charge in [0.15, 0.2) is 23.9 Å². The first-order valence-electron chi connectivity index (χ1n) is 10.9. The molecule has 0 unspecified atom stereocenters. The third kappa shape index (κ3) is 5.16. The maximum atomic E-state index is 13.3. The van der Waals surface area contributed by atoms with Crippen LogP contribution in [0.4, 0.5) is 0 Å². The van der Waals surface area contributed by atoms with E-state index in [1.807, 2.05) is 39.8 Å². The van der Waals surface area contributed by atoms with Crippen LogP contribution < -0.4 is 9.47 Å². The molecule has 176 valence electrons. The standard InChI is InChI=1S/C25H31N3O5/c1-7-17-9-8-15-12-28(24(26)22(15)27-17)13-19(29)16-10-18(25(2,3)4)23(20(11-16)31-5)33-14-21(30)32-6/h8-11,26H,7,12-14H2,1-6H3. The lowest BCUT2D eigenvalue weighted by Crippen LogP contribution is -2.30. The first-order valence-corrected chi connectivity index (χ1v) is 10.9. The number of Topliss-reactive ketones (excluding diaryl/α,β-unsaturated/α-hetero) is 1. The van der Waals surface area contributed by atoms with Gasteiger partial charge in [0.1, 0.15) is 11.5 Å². The molecule has 0 aliphatic carbocycles. The summed E-state index contributed by atoms with van der Waals surface area (Å²) in [4.78, 5) is 31.2. The largest absolute Gasteiger partial charge is 0.493 e. The molecule has 1 N–H and O–H groups in total. The van der Waals surface area contributed by atoms with Gasteiger partial charge in [0.05, 0.1) is 20.8 Å². The molecule has 1 aliphatic rings. The zero-order chi connectivity index (χ0) is 24.3. The molecule has 0 amide bonds. The van der Waals surface area contributed by atoms with Gasteiger partial charge in [-0.2, -0.15) is 0 Å². The number of pyridine rings is 1. The van der Waals surface area contributed by atoms with Crippen molar-refractivity contribution in [2.24, 2.45) is 0 Å². The molecule has 0 saturated carbocycles. The maximum Gasteiger partial charge on any atom is 0.343 e. The molecule has 1 aromatic carbocycles. The molecule has 0 radical (unpaired) electrons. The Kier molecular flexibility index (Phi) is 7.05. The Hall–Kier alpha value is -3.42. The normalized spacial score (nSPS) is 13.0. The number of amidine groups is 1. The lowest BCUT2D eigenvalue weighted by Gasteiger charge is -2.25. The van der Waals surface area contributed by atoms with Crippen molar-refractivity contribution in [2.75, 3.05) is 27.4 Å². The van der Waals surface area contributed by atoms with Crippen LogP contribution in [0.3, 0.4) is 0 Å². The number of fused-ring (bicyclic) bond motifs is 1. The van der Waals surface area contributed by atoms with Crippen molar-refractivity contribution in [2.45, 2.75) is 46.1 Å². The van der Waals surface area contributed by atoms with Crippen LogP contribution in [0.15, 0.2) is 24.3 Å². The molecule has 1 aliphatic heterocycles. The summed E-state index contributed by atoms with van der Waals surface area (Å²) in [5.41, 5.74) is 3.32. The number of hydrogen-bond donors (Lipinski definition) is 1. The second-order valence-electron chi connectivity index (χ2n) is 8.96. The van der Waals surface area contributed by atoms with E-state index in [9.17, 15) is 9.59 Å². The number of hydrogen-bond acceptors (Lipinski definition) is 7. The molecule has 3 rings (SSSR count). The first-order chi connectivity index (χ1) is 15.6. The highest BCUT2D eigenvalue weighted by molar-refractivity contribution is 6.04. The van der Waals surface area contributed by atoms with Gasteiger partial charge in [0.25, 0.3) is 0 Å². The van der Waals surface area contributed by atoms with Crippen molar-refractivity contribution < 1.29 is 23.8 Å². The zero-order valence-electron chi connectivity index (χ0n) is 20.1. The molecular formula is C25H31N3O5. The third-order valence-electron chi connectivity index (χ3n) is 5.60. The number of esters is 1. The number of benzene rings is 1. The molecule has 0 atom stereocenters. The summed E-state index contributed by atoms with van der Waals surface area (Å²) >= 11 is 0.